The SMILES string of the molecule is C[C@H](OC(=O)CSc1ccccc1F)C(=O)c1ccc(NC(=O)C(C)(C)C)cc1. The number of rotatable bonds is 7. The van der Waals surface area contributed by atoms with Crippen LogP contribution in [0.2, 0.25) is 0 Å². The van der Waals surface area contributed by atoms with E-state index in [9.17, 15) is 18.8 Å². The van der Waals surface area contributed by atoms with Gasteiger partial charge in [0.1, 0.15) is 5.82 Å². The van der Waals surface area contributed by atoms with Crippen LogP contribution >= 0.6 is 11.8 Å². The van der Waals surface area contributed by atoms with E-state index in [1.165, 1.54) is 13.0 Å². The Morgan fingerprint density at radius 2 is 1.69 bits per heavy atom. The molecule has 1 atom stereocenters. The molecule has 29 heavy (non-hydrogen) atoms. The molecule has 0 fully saturated rings. The number of amides is 1. The third kappa shape index (κ3) is 6.71. The van der Waals surface area contributed by atoms with Crippen LogP contribution in [-0.2, 0) is 14.3 Å². The van der Waals surface area contributed by atoms with Gasteiger partial charge in [0.2, 0.25) is 11.7 Å². The number of Topliss-reactive ketones (excluding diaryl/α,β-unsaturated/α-hetero) is 1. The second-order valence-electron chi connectivity index (χ2n) is 7.50. The molecule has 1 N–H and O–H groups in total. The van der Waals surface area contributed by atoms with Crippen LogP contribution in [0.15, 0.2) is 53.4 Å². The van der Waals surface area contributed by atoms with E-state index in [-0.39, 0.29) is 17.4 Å². The fourth-order valence-corrected chi connectivity index (χ4v) is 2.98. The van der Waals surface area contributed by atoms with E-state index in [4.69, 9.17) is 4.74 Å². The number of ether oxygens (including phenoxy) is 1. The van der Waals surface area contributed by atoms with E-state index in [1.807, 2.05) is 0 Å². The number of carbonyl (C=O) groups is 3. The number of thioether (sulfide) groups is 1. The second kappa shape index (κ2) is 9.69. The van der Waals surface area contributed by atoms with Crippen molar-refractivity contribution >= 4 is 35.1 Å². The summed E-state index contributed by atoms with van der Waals surface area (Å²) in [7, 11) is 0. The average molecular weight is 418 g/mol. The van der Waals surface area contributed by atoms with Crippen LogP contribution in [0, 0.1) is 11.2 Å². The van der Waals surface area contributed by atoms with E-state index in [2.05, 4.69) is 5.32 Å². The lowest BCUT2D eigenvalue weighted by Gasteiger charge is -2.18. The van der Waals surface area contributed by atoms with E-state index in [1.54, 1.807) is 63.2 Å². The predicted octanol–water partition coefficient (Wildman–Crippen LogP) is 4.72. The third-order valence-electron chi connectivity index (χ3n) is 3.97. The van der Waals surface area contributed by atoms with E-state index >= 15 is 0 Å². The molecule has 0 unspecified atom stereocenters. The Hall–Kier alpha value is -2.67. The molecular weight excluding hydrogens is 393 g/mol. The van der Waals surface area contributed by atoms with E-state index < -0.39 is 23.3 Å². The highest BCUT2D eigenvalue weighted by molar-refractivity contribution is 8.00. The van der Waals surface area contributed by atoms with Gasteiger partial charge in [-0.15, -0.1) is 11.8 Å². The lowest BCUT2D eigenvalue weighted by Crippen LogP contribution is -2.27. The molecule has 0 aromatic heterocycles. The lowest BCUT2D eigenvalue weighted by molar-refractivity contribution is -0.143. The largest absolute Gasteiger partial charge is 0.454 e. The molecule has 2 aromatic carbocycles. The van der Waals surface area contributed by atoms with Gasteiger partial charge in [-0.3, -0.25) is 14.4 Å². The normalized spacial score (nSPS) is 12.2. The monoisotopic (exact) mass is 417 g/mol. The van der Waals surface area contributed by atoms with Gasteiger partial charge in [0, 0.05) is 21.6 Å². The van der Waals surface area contributed by atoms with Gasteiger partial charge in [0.05, 0.1) is 5.75 Å². The zero-order valence-electron chi connectivity index (χ0n) is 16.8. The summed E-state index contributed by atoms with van der Waals surface area (Å²) >= 11 is 1.01. The van der Waals surface area contributed by atoms with Gasteiger partial charge in [0.25, 0.3) is 0 Å². The Balaban J connectivity index is 1.89. The maximum absolute atomic E-state index is 13.6. The molecule has 154 valence electrons. The molecule has 0 heterocycles. The van der Waals surface area contributed by atoms with Crippen molar-refractivity contribution in [1.29, 1.82) is 0 Å². The molecule has 7 heteroatoms. The summed E-state index contributed by atoms with van der Waals surface area (Å²) in [6, 6.07) is 12.5. The van der Waals surface area contributed by atoms with Crippen molar-refractivity contribution < 1.29 is 23.5 Å². The number of hydrogen-bond acceptors (Lipinski definition) is 5. The van der Waals surface area contributed by atoms with Gasteiger partial charge in [0.15, 0.2) is 6.10 Å². The van der Waals surface area contributed by atoms with Crippen LogP contribution in [0.25, 0.3) is 0 Å². The minimum atomic E-state index is -0.973. The first-order valence-electron chi connectivity index (χ1n) is 9.10. The van der Waals surface area contributed by atoms with Gasteiger partial charge in [-0.1, -0.05) is 32.9 Å². The highest BCUT2D eigenvalue weighted by atomic mass is 32.2. The van der Waals surface area contributed by atoms with Crippen LogP contribution in [0.3, 0.4) is 0 Å². The number of hydrogen-bond donors (Lipinski definition) is 1. The minimum absolute atomic E-state index is 0.101. The molecule has 0 spiro atoms. The zero-order chi connectivity index (χ0) is 21.6. The van der Waals surface area contributed by atoms with Crippen LogP contribution in [-0.4, -0.2) is 29.5 Å². The summed E-state index contributed by atoms with van der Waals surface area (Å²) in [4.78, 5) is 36.8. The van der Waals surface area contributed by atoms with Crippen molar-refractivity contribution in [2.24, 2.45) is 5.41 Å². The molecular formula is C22H24FNO4S. The first-order valence-corrected chi connectivity index (χ1v) is 10.1. The van der Waals surface area contributed by atoms with Gasteiger partial charge >= 0.3 is 5.97 Å². The van der Waals surface area contributed by atoms with Crippen LogP contribution in [0.5, 0.6) is 0 Å². The molecule has 0 aliphatic rings. The molecule has 0 saturated heterocycles. The van der Waals surface area contributed by atoms with Crippen LogP contribution < -0.4 is 5.32 Å². The van der Waals surface area contributed by atoms with Crippen molar-refractivity contribution in [3.8, 4) is 0 Å². The Labute approximate surface area is 174 Å². The molecule has 5 nitrogen and oxygen atoms in total. The predicted molar refractivity (Wildman–Crippen MR) is 112 cm³/mol. The maximum atomic E-state index is 13.6. The van der Waals surface area contributed by atoms with Crippen molar-refractivity contribution in [3.63, 3.8) is 0 Å². The number of benzene rings is 2. The second-order valence-corrected chi connectivity index (χ2v) is 8.51. The fraction of sp³-hybridized carbons (Fsp3) is 0.318. The summed E-state index contributed by atoms with van der Waals surface area (Å²) in [5.74, 6) is -1.61. The number of anilines is 1. The molecule has 2 rings (SSSR count). The first kappa shape index (κ1) is 22.6. The zero-order valence-corrected chi connectivity index (χ0v) is 17.6. The molecule has 0 saturated carbocycles. The highest BCUT2D eigenvalue weighted by Crippen LogP contribution is 2.22. The maximum Gasteiger partial charge on any atom is 0.316 e. The number of halogens is 1. The first-order chi connectivity index (χ1) is 13.6. The van der Waals surface area contributed by atoms with Crippen molar-refractivity contribution in [2.45, 2.75) is 38.7 Å². The molecule has 0 aliphatic heterocycles. The number of nitrogens with one attached hydrogen (secondary N) is 1. The summed E-state index contributed by atoms with van der Waals surface area (Å²) in [5.41, 5.74) is 0.408. The van der Waals surface area contributed by atoms with Crippen LogP contribution in [0.4, 0.5) is 10.1 Å². The van der Waals surface area contributed by atoms with E-state index in [0.29, 0.717) is 16.1 Å². The standard InChI is InChI=1S/C22H24FNO4S/c1-14(28-19(25)13-29-18-8-6-5-7-17(18)23)20(26)15-9-11-16(12-10-15)24-21(27)22(2,3)4/h5-12,14H,13H2,1-4H3,(H,24,27)/t14-/m0/s1. The van der Waals surface area contributed by atoms with E-state index in [0.717, 1.165) is 11.8 Å². The molecule has 0 radical (unpaired) electrons. The quantitative estimate of drug-likeness (QED) is 0.401. The lowest BCUT2D eigenvalue weighted by atomic mass is 9.95. The number of ketones is 1. The van der Waals surface area contributed by atoms with Gasteiger partial charge in [-0.05, 0) is 43.3 Å². The number of carbonyl (C=O) groups excluding carboxylic acids is 3. The topological polar surface area (TPSA) is 72.5 Å². The summed E-state index contributed by atoms with van der Waals surface area (Å²) in [6.07, 6.45) is -0.973. The molecule has 0 aliphatic carbocycles. The average Bonchev–Trinajstić information content (AvgIpc) is 2.66. The Kier molecular flexibility index (Phi) is 7.56. The molecule has 0 bridgehead atoms. The summed E-state index contributed by atoms with van der Waals surface area (Å²) in [6.45, 7) is 6.91. The Morgan fingerprint density at radius 3 is 2.28 bits per heavy atom. The fourth-order valence-electron chi connectivity index (χ4n) is 2.25. The molecule has 1 amide bonds. The van der Waals surface area contributed by atoms with Crippen molar-refractivity contribution in [1.82, 2.24) is 0 Å². The summed E-state index contributed by atoms with van der Waals surface area (Å²) < 4.78 is 18.7. The van der Waals surface area contributed by atoms with Gasteiger partial charge in [-0.25, -0.2) is 4.39 Å². The van der Waals surface area contributed by atoms with Crippen molar-refractivity contribution in [2.75, 3.05) is 11.1 Å². The highest BCUT2D eigenvalue weighted by Gasteiger charge is 2.22. The Bertz CT molecular complexity index is 890. The Morgan fingerprint density at radius 1 is 1.07 bits per heavy atom. The number of esters is 1. The van der Waals surface area contributed by atoms with Gasteiger partial charge < -0.3 is 10.1 Å². The van der Waals surface area contributed by atoms with Crippen LogP contribution in [0.1, 0.15) is 38.1 Å². The van der Waals surface area contributed by atoms with Crippen molar-refractivity contribution in [3.05, 3.63) is 59.9 Å². The smallest absolute Gasteiger partial charge is 0.316 e. The van der Waals surface area contributed by atoms with Gasteiger partial charge in [-0.2, -0.15) is 0 Å². The minimum Gasteiger partial charge on any atom is -0.454 e. The molecule has 2 aromatic rings. The third-order valence-corrected chi connectivity index (χ3v) is 4.99. The summed E-state index contributed by atoms with van der Waals surface area (Å²) in [5, 5.41) is 2.78.